The second-order valence-electron chi connectivity index (χ2n) is 5.84. The monoisotopic (exact) mass is 320 g/mol. The van der Waals surface area contributed by atoms with Gasteiger partial charge in [-0.05, 0) is 17.9 Å². The fourth-order valence-corrected chi connectivity index (χ4v) is 1.99. The Kier molecular flexibility index (Phi) is 7.80. The molecule has 0 aliphatic rings. The minimum absolute atomic E-state index is 0.183. The van der Waals surface area contributed by atoms with Crippen molar-refractivity contribution in [2.24, 2.45) is 5.92 Å². The van der Waals surface area contributed by atoms with Crippen molar-refractivity contribution in [2.75, 3.05) is 13.1 Å². The van der Waals surface area contributed by atoms with Crippen LogP contribution in [0, 0.1) is 5.92 Å². The summed E-state index contributed by atoms with van der Waals surface area (Å²) in [5.74, 6) is -1.27. The molecule has 0 saturated carbocycles. The van der Waals surface area contributed by atoms with Crippen LogP contribution in [-0.2, 0) is 20.9 Å². The van der Waals surface area contributed by atoms with Crippen molar-refractivity contribution in [3.63, 3.8) is 0 Å². The number of carboxylic acids is 1. The van der Waals surface area contributed by atoms with Crippen LogP contribution in [0.1, 0.15) is 32.3 Å². The Morgan fingerprint density at radius 3 is 2.39 bits per heavy atom. The summed E-state index contributed by atoms with van der Waals surface area (Å²) in [4.78, 5) is 36.0. The van der Waals surface area contributed by atoms with Crippen molar-refractivity contribution < 1.29 is 19.5 Å². The largest absolute Gasteiger partial charge is 0.480 e. The topological polar surface area (TPSA) is 86.7 Å². The third-order valence-corrected chi connectivity index (χ3v) is 3.28. The van der Waals surface area contributed by atoms with Crippen LogP contribution in [0.3, 0.4) is 0 Å². The van der Waals surface area contributed by atoms with Gasteiger partial charge in [-0.2, -0.15) is 0 Å². The van der Waals surface area contributed by atoms with E-state index in [1.807, 2.05) is 44.2 Å². The number of amides is 2. The van der Waals surface area contributed by atoms with Crippen LogP contribution < -0.4 is 5.32 Å². The van der Waals surface area contributed by atoms with Crippen molar-refractivity contribution in [3.05, 3.63) is 35.9 Å². The Balaban J connectivity index is 2.55. The molecule has 1 aromatic rings. The molecule has 6 nitrogen and oxygen atoms in total. The highest BCUT2D eigenvalue weighted by Crippen LogP contribution is 2.05. The summed E-state index contributed by atoms with van der Waals surface area (Å²) >= 11 is 0. The Hall–Kier alpha value is -2.37. The molecular weight excluding hydrogens is 296 g/mol. The lowest BCUT2D eigenvalue weighted by atomic mass is 10.1. The third-order valence-electron chi connectivity index (χ3n) is 3.28. The Labute approximate surface area is 136 Å². The Bertz CT molecular complexity index is 529. The third kappa shape index (κ3) is 7.99. The standard InChI is InChI=1S/C17H24N2O4/c1-13(2)8-9-15(20)18-10-16(21)19(12-17(22)23)11-14-6-4-3-5-7-14/h3-7,13H,8-12H2,1-2H3,(H,18,20)(H,22,23). The maximum Gasteiger partial charge on any atom is 0.323 e. The molecule has 0 heterocycles. The highest BCUT2D eigenvalue weighted by molar-refractivity contribution is 5.86. The molecule has 0 aliphatic carbocycles. The van der Waals surface area contributed by atoms with Crippen LogP contribution in [-0.4, -0.2) is 40.9 Å². The van der Waals surface area contributed by atoms with Crippen LogP contribution in [0.15, 0.2) is 30.3 Å². The number of hydrogen-bond acceptors (Lipinski definition) is 3. The summed E-state index contributed by atoms with van der Waals surface area (Å²) in [6.45, 7) is 3.67. The van der Waals surface area contributed by atoms with Crippen LogP contribution in [0.5, 0.6) is 0 Å². The number of nitrogens with zero attached hydrogens (tertiary/aromatic N) is 1. The van der Waals surface area contributed by atoms with Crippen LogP contribution in [0.25, 0.3) is 0 Å². The smallest absolute Gasteiger partial charge is 0.323 e. The van der Waals surface area contributed by atoms with Gasteiger partial charge in [0.2, 0.25) is 11.8 Å². The first-order chi connectivity index (χ1) is 10.9. The van der Waals surface area contributed by atoms with E-state index in [9.17, 15) is 14.4 Å². The highest BCUT2D eigenvalue weighted by atomic mass is 16.4. The van der Waals surface area contributed by atoms with E-state index in [0.29, 0.717) is 12.3 Å². The molecule has 23 heavy (non-hydrogen) atoms. The predicted octanol–water partition coefficient (Wildman–Crippen LogP) is 1.65. The van der Waals surface area contributed by atoms with E-state index < -0.39 is 18.4 Å². The van der Waals surface area contributed by atoms with E-state index in [1.54, 1.807) is 0 Å². The maximum absolute atomic E-state index is 12.2. The molecule has 1 aromatic carbocycles. The van der Waals surface area contributed by atoms with E-state index in [4.69, 9.17) is 5.11 Å². The lowest BCUT2D eigenvalue weighted by molar-refractivity contribution is -0.144. The van der Waals surface area contributed by atoms with Crippen LogP contribution in [0.2, 0.25) is 0 Å². The average Bonchev–Trinajstić information content (AvgIpc) is 2.50. The van der Waals surface area contributed by atoms with Gasteiger partial charge in [0.25, 0.3) is 0 Å². The van der Waals surface area contributed by atoms with Crippen molar-refractivity contribution in [1.29, 1.82) is 0 Å². The van der Waals surface area contributed by atoms with Gasteiger partial charge in [-0.15, -0.1) is 0 Å². The molecule has 2 amide bonds. The fraction of sp³-hybridized carbons (Fsp3) is 0.471. The molecule has 0 radical (unpaired) electrons. The molecule has 0 spiro atoms. The normalized spacial score (nSPS) is 10.4. The van der Waals surface area contributed by atoms with Crippen molar-refractivity contribution in [3.8, 4) is 0 Å². The van der Waals surface area contributed by atoms with Gasteiger partial charge in [0.05, 0.1) is 6.54 Å². The van der Waals surface area contributed by atoms with Gasteiger partial charge in [0.1, 0.15) is 6.54 Å². The number of carbonyl (C=O) groups excluding carboxylic acids is 2. The first kappa shape index (κ1) is 18.7. The van der Waals surface area contributed by atoms with Gasteiger partial charge in [-0.3, -0.25) is 14.4 Å². The molecule has 0 unspecified atom stereocenters. The average molecular weight is 320 g/mol. The van der Waals surface area contributed by atoms with Crippen LogP contribution in [0.4, 0.5) is 0 Å². The number of carboxylic acid groups (broad SMARTS) is 1. The summed E-state index contributed by atoms with van der Waals surface area (Å²) < 4.78 is 0. The number of benzene rings is 1. The van der Waals surface area contributed by atoms with E-state index >= 15 is 0 Å². The van der Waals surface area contributed by atoms with Gasteiger partial charge < -0.3 is 15.3 Å². The van der Waals surface area contributed by atoms with E-state index in [0.717, 1.165) is 12.0 Å². The van der Waals surface area contributed by atoms with Crippen molar-refractivity contribution in [1.82, 2.24) is 10.2 Å². The molecular formula is C17H24N2O4. The zero-order chi connectivity index (χ0) is 17.2. The lowest BCUT2D eigenvalue weighted by Gasteiger charge is -2.21. The van der Waals surface area contributed by atoms with Crippen LogP contribution >= 0.6 is 0 Å². The molecule has 126 valence electrons. The second-order valence-corrected chi connectivity index (χ2v) is 5.84. The van der Waals surface area contributed by atoms with Gasteiger partial charge in [0.15, 0.2) is 0 Å². The SMILES string of the molecule is CC(C)CCC(=O)NCC(=O)N(CC(=O)O)Cc1ccccc1. The fourth-order valence-electron chi connectivity index (χ4n) is 1.99. The molecule has 0 fully saturated rings. The Morgan fingerprint density at radius 2 is 1.83 bits per heavy atom. The molecule has 0 aliphatic heterocycles. The van der Waals surface area contributed by atoms with E-state index in [2.05, 4.69) is 5.32 Å². The highest BCUT2D eigenvalue weighted by Gasteiger charge is 2.17. The lowest BCUT2D eigenvalue weighted by Crippen LogP contribution is -2.42. The minimum atomic E-state index is -1.08. The summed E-state index contributed by atoms with van der Waals surface area (Å²) in [6, 6.07) is 9.15. The molecule has 2 N–H and O–H groups in total. The number of aliphatic carboxylic acids is 1. The molecule has 0 saturated heterocycles. The minimum Gasteiger partial charge on any atom is -0.480 e. The first-order valence-electron chi connectivity index (χ1n) is 7.68. The Morgan fingerprint density at radius 1 is 1.17 bits per heavy atom. The quantitative estimate of drug-likeness (QED) is 0.724. The molecule has 0 bridgehead atoms. The number of hydrogen-bond donors (Lipinski definition) is 2. The number of nitrogens with one attached hydrogen (secondary N) is 1. The number of carbonyl (C=O) groups is 3. The van der Waals surface area contributed by atoms with E-state index in [1.165, 1.54) is 4.90 Å². The van der Waals surface area contributed by atoms with Gasteiger partial charge >= 0.3 is 5.97 Å². The summed E-state index contributed by atoms with van der Waals surface area (Å²) in [5.41, 5.74) is 0.841. The zero-order valence-corrected chi connectivity index (χ0v) is 13.6. The maximum atomic E-state index is 12.2. The van der Waals surface area contributed by atoms with Gasteiger partial charge in [-0.1, -0.05) is 44.2 Å². The molecule has 0 atom stereocenters. The second kappa shape index (κ2) is 9.61. The van der Waals surface area contributed by atoms with Gasteiger partial charge in [0, 0.05) is 13.0 Å². The number of rotatable bonds is 9. The summed E-state index contributed by atoms with van der Waals surface area (Å²) in [6.07, 6.45) is 1.12. The molecule has 0 aromatic heterocycles. The first-order valence-corrected chi connectivity index (χ1v) is 7.68. The molecule has 6 heteroatoms. The predicted molar refractivity (Wildman–Crippen MR) is 86.6 cm³/mol. The van der Waals surface area contributed by atoms with E-state index in [-0.39, 0.29) is 19.0 Å². The van der Waals surface area contributed by atoms with Gasteiger partial charge in [-0.25, -0.2) is 0 Å². The molecule has 1 rings (SSSR count). The summed E-state index contributed by atoms with van der Waals surface area (Å²) in [5, 5.41) is 11.5. The summed E-state index contributed by atoms with van der Waals surface area (Å²) in [7, 11) is 0. The van der Waals surface area contributed by atoms with Crippen molar-refractivity contribution in [2.45, 2.75) is 33.2 Å². The zero-order valence-electron chi connectivity index (χ0n) is 13.6. The van der Waals surface area contributed by atoms with Crippen molar-refractivity contribution >= 4 is 17.8 Å².